The van der Waals surface area contributed by atoms with E-state index in [-0.39, 0.29) is 11.3 Å². The number of anilines is 1. The second kappa shape index (κ2) is 10.0. The first kappa shape index (κ1) is 24.3. The van der Waals surface area contributed by atoms with Gasteiger partial charge in [-0.15, -0.1) is 0 Å². The number of aryl methyl sites for hydroxylation is 2. The predicted molar refractivity (Wildman–Crippen MR) is 129 cm³/mol. The van der Waals surface area contributed by atoms with Gasteiger partial charge >= 0.3 is 0 Å². The molecule has 0 aromatic heterocycles. The first-order chi connectivity index (χ1) is 15.2. The summed E-state index contributed by atoms with van der Waals surface area (Å²) in [4.78, 5) is 13.4. The number of carbonyl (C=O) groups excluding carboxylic acids is 1. The summed E-state index contributed by atoms with van der Waals surface area (Å²) in [6.45, 7) is 7.41. The van der Waals surface area contributed by atoms with Gasteiger partial charge in [0.1, 0.15) is 6.04 Å². The molecular weight excluding hydrogens is 424 g/mol. The van der Waals surface area contributed by atoms with E-state index in [0.717, 1.165) is 30.2 Å². The van der Waals surface area contributed by atoms with E-state index in [2.05, 4.69) is 17.4 Å². The van der Waals surface area contributed by atoms with Gasteiger partial charge in [0, 0.05) is 25.2 Å². The van der Waals surface area contributed by atoms with Crippen LogP contribution < -0.4 is 9.62 Å². The Morgan fingerprint density at radius 3 is 2.22 bits per heavy atom. The van der Waals surface area contributed by atoms with Crippen molar-refractivity contribution in [3.63, 3.8) is 0 Å². The van der Waals surface area contributed by atoms with Gasteiger partial charge in [0.25, 0.3) is 0 Å². The predicted octanol–water partition coefficient (Wildman–Crippen LogP) is 3.71. The number of rotatable bonds is 8. The Morgan fingerprint density at radius 1 is 1.09 bits per heavy atom. The van der Waals surface area contributed by atoms with Crippen LogP contribution in [0.2, 0.25) is 0 Å². The van der Waals surface area contributed by atoms with Crippen molar-refractivity contribution in [2.75, 3.05) is 30.3 Å². The molecule has 0 saturated carbocycles. The van der Waals surface area contributed by atoms with Gasteiger partial charge in [0.05, 0.1) is 11.9 Å². The molecule has 1 amide bonds. The van der Waals surface area contributed by atoms with Crippen molar-refractivity contribution in [2.45, 2.75) is 51.5 Å². The summed E-state index contributed by atoms with van der Waals surface area (Å²) in [6, 6.07) is 15.0. The minimum atomic E-state index is -3.67. The molecule has 1 saturated heterocycles. The third kappa shape index (κ3) is 5.51. The van der Waals surface area contributed by atoms with E-state index in [0.29, 0.717) is 31.9 Å². The van der Waals surface area contributed by atoms with Crippen LogP contribution in [-0.4, -0.2) is 46.4 Å². The molecule has 1 N–H and O–H groups in total. The molecule has 2 aromatic carbocycles. The van der Waals surface area contributed by atoms with Crippen LogP contribution in [-0.2, 0) is 25.0 Å². The molecule has 1 heterocycles. The number of sulfonamides is 1. The molecule has 1 fully saturated rings. The third-order valence-electron chi connectivity index (χ3n) is 6.23. The molecule has 0 bridgehead atoms. The highest BCUT2D eigenvalue weighted by atomic mass is 32.2. The second-order valence-corrected chi connectivity index (χ2v) is 10.7. The van der Waals surface area contributed by atoms with Crippen molar-refractivity contribution in [3.8, 4) is 0 Å². The number of nitrogens with zero attached hydrogens (tertiary/aromatic N) is 1. The number of ether oxygens (including phenoxy) is 1. The van der Waals surface area contributed by atoms with Gasteiger partial charge in [0.15, 0.2) is 0 Å². The fraction of sp³-hybridized carbons (Fsp3) is 0.480. The van der Waals surface area contributed by atoms with Gasteiger partial charge in [-0.3, -0.25) is 9.10 Å². The highest BCUT2D eigenvalue weighted by Gasteiger charge is 2.37. The standard InChI is InChI=1S/C25H34N2O4S/c1-5-23(27(32(4,29)30)22-16-19(2)15-20(3)17-22)24(28)26-18-25(11-13-31-14-12-25)21-9-7-6-8-10-21/h6-10,15-17,23H,5,11-14,18H2,1-4H3,(H,26,28)/t23-/m1/s1. The van der Waals surface area contributed by atoms with Gasteiger partial charge in [-0.25, -0.2) is 8.42 Å². The maximum absolute atomic E-state index is 13.4. The summed E-state index contributed by atoms with van der Waals surface area (Å²) in [7, 11) is -3.67. The van der Waals surface area contributed by atoms with E-state index in [1.54, 1.807) is 0 Å². The van der Waals surface area contributed by atoms with E-state index < -0.39 is 16.1 Å². The van der Waals surface area contributed by atoms with Gasteiger partial charge in [0.2, 0.25) is 15.9 Å². The van der Waals surface area contributed by atoms with Crippen LogP contribution in [0.3, 0.4) is 0 Å². The first-order valence-electron chi connectivity index (χ1n) is 11.1. The van der Waals surface area contributed by atoms with Gasteiger partial charge < -0.3 is 10.1 Å². The third-order valence-corrected chi connectivity index (χ3v) is 7.41. The summed E-state index contributed by atoms with van der Waals surface area (Å²) >= 11 is 0. The van der Waals surface area contributed by atoms with Crippen LogP contribution in [0, 0.1) is 13.8 Å². The van der Waals surface area contributed by atoms with Crippen molar-refractivity contribution < 1.29 is 17.9 Å². The number of carbonyl (C=O) groups is 1. The molecular formula is C25H34N2O4S. The molecule has 1 aliphatic heterocycles. The zero-order chi connectivity index (χ0) is 23.4. The maximum atomic E-state index is 13.4. The van der Waals surface area contributed by atoms with Crippen LogP contribution in [0.15, 0.2) is 48.5 Å². The quantitative estimate of drug-likeness (QED) is 0.654. The number of hydrogen-bond donors (Lipinski definition) is 1. The normalized spacial score (nSPS) is 16.9. The summed E-state index contributed by atoms with van der Waals surface area (Å²) < 4.78 is 32.4. The number of hydrogen-bond acceptors (Lipinski definition) is 4. The summed E-state index contributed by atoms with van der Waals surface area (Å²) in [6.07, 6.45) is 3.14. The monoisotopic (exact) mass is 458 g/mol. The molecule has 0 spiro atoms. The van der Waals surface area contributed by atoms with Crippen molar-refractivity contribution >= 4 is 21.6 Å². The molecule has 3 rings (SSSR count). The summed E-state index contributed by atoms with van der Waals surface area (Å²) in [5.74, 6) is -0.279. The molecule has 7 heteroatoms. The molecule has 2 aromatic rings. The molecule has 0 radical (unpaired) electrons. The van der Waals surface area contributed by atoms with Crippen molar-refractivity contribution in [2.24, 2.45) is 0 Å². The van der Waals surface area contributed by atoms with Crippen molar-refractivity contribution in [1.82, 2.24) is 5.32 Å². The lowest BCUT2D eigenvalue weighted by atomic mass is 9.74. The molecule has 1 aliphatic rings. The molecule has 0 unspecified atom stereocenters. The van der Waals surface area contributed by atoms with E-state index in [1.807, 2.05) is 57.2 Å². The summed E-state index contributed by atoms with van der Waals surface area (Å²) in [5.41, 5.74) is 3.38. The Kier molecular flexibility index (Phi) is 7.62. The summed E-state index contributed by atoms with van der Waals surface area (Å²) in [5, 5.41) is 3.09. The topological polar surface area (TPSA) is 75.7 Å². The SMILES string of the molecule is CC[C@H](C(=O)NCC1(c2ccccc2)CCOCC1)N(c1cc(C)cc(C)c1)S(C)(=O)=O. The fourth-order valence-corrected chi connectivity index (χ4v) is 5.83. The van der Waals surface area contributed by atoms with Crippen molar-refractivity contribution in [1.29, 1.82) is 0 Å². The Hall–Kier alpha value is -2.38. The lowest BCUT2D eigenvalue weighted by molar-refractivity contribution is -0.122. The Morgan fingerprint density at radius 2 is 1.69 bits per heavy atom. The van der Waals surface area contributed by atoms with Crippen LogP contribution in [0.1, 0.15) is 42.9 Å². The average molecular weight is 459 g/mol. The van der Waals surface area contributed by atoms with E-state index in [4.69, 9.17) is 4.74 Å². The molecule has 6 nitrogen and oxygen atoms in total. The Labute approximate surface area is 192 Å². The smallest absolute Gasteiger partial charge is 0.243 e. The van der Waals surface area contributed by atoms with Gasteiger partial charge in [-0.1, -0.05) is 43.3 Å². The highest BCUT2D eigenvalue weighted by Crippen LogP contribution is 2.34. The van der Waals surface area contributed by atoms with Gasteiger partial charge in [-0.05, 0) is 61.9 Å². The van der Waals surface area contributed by atoms with E-state index >= 15 is 0 Å². The van der Waals surface area contributed by atoms with Crippen molar-refractivity contribution in [3.05, 3.63) is 65.2 Å². The maximum Gasteiger partial charge on any atom is 0.243 e. The molecule has 0 aliphatic carbocycles. The zero-order valence-electron chi connectivity index (χ0n) is 19.4. The Bertz CT molecular complexity index is 1010. The lowest BCUT2D eigenvalue weighted by Gasteiger charge is -2.39. The number of amides is 1. The van der Waals surface area contributed by atoms with E-state index in [9.17, 15) is 13.2 Å². The first-order valence-corrected chi connectivity index (χ1v) is 13.0. The number of benzene rings is 2. The van der Waals surface area contributed by atoms with Crippen LogP contribution >= 0.6 is 0 Å². The molecule has 1 atom stereocenters. The highest BCUT2D eigenvalue weighted by molar-refractivity contribution is 7.92. The lowest BCUT2D eigenvalue weighted by Crippen LogP contribution is -2.52. The van der Waals surface area contributed by atoms with Crippen LogP contribution in [0.25, 0.3) is 0 Å². The second-order valence-electron chi connectivity index (χ2n) is 8.81. The minimum Gasteiger partial charge on any atom is -0.381 e. The van der Waals surface area contributed by atoms with Crippen LogP contribution in [0.5, 0.6) is 0 Å². The largest absolute Gasteiger partial charge is 0.381 e. The minimum absolute atomic E-state index is 0.219. The van der Waals surface area contributed by atoms with Crippen LogP contribution in [0.4, 0.5) is 5.69 Å². The average Bonchev–Trinajstić information content (AvgIpc) is 2.75. The number of nitrogens with one attached hydrogen (secondary N) is 1. The fourth-order valence-electron chi connectivity index (χ4n) is 4.63. The van der Waals surface area contributed by atoms with E-state index in [1.165, 1.54) is 9.87 Å². The molecule has 32 heavy (non-hydrogen) atoms. The Balaban J connectivity index is 1.87. The van der Waals surface area contributed by atoms with Gasteiger partial charge in [-0.2, -0.15) is 0 Å². The zero-order valence-corrected chi connectivity index (χ0v) is 20.2. The molecule has 174 valence electrons.